The predicted octanol–water partition coefficient (Wildman–Crippen LogP) is 2.47. The van der Waals surface area contributed by atoms with Crippen LogP contribution in [0.25, 0.3) is 0 Å². The molecule has 10 heteroatoms. The Morgan fingerprint density at radius 2 is 1.79 bits per heavy atom. The Kier molecular flexibility index (Phi) is 6.60. The number of nitrogens with one attached hydrogen (secondary N) is 1. The van der Waals surface area contributed by atoms with Gasteiger partial charge in [0.15, 0.2) is 0 Å². The van der Waals surface area contributed by atoms with E-state index in [0.717, 1.165) is 11.1 Å². The number of benzene rings is 2. The number of fused-ring (bicyclic) bond motifs is 1. The Morgan fingerprint density at radius 3 is 2.44 bits per heavy atom. The number of β-lactam (4-membered cyclic amide) rings is 1. The number of hydrogen-bond donors (Lipinski definition) is 1. The van der Waals surface area contributed by atoms with Crippen LogP contribution in [0, 0.1) is 10.1 Å². The van der Waals surface area contributed by atoms with E-state index in [1.54, 1.807) is 12.1 Å². The molecule has 3 atom stereocenters. The second-order valence-corrected chi connectivity index (χ2v) is 10.6. The molecule has 1 N–H and O–H groups in total. The minimum absolute atomic E-state index is 0.00164. The lowest BCUT2D eigenvalue weighted by molar-refractivity contribution is -0.384. The first-order valence-corrected chi connectivity index (χ1v) is 11.8. The van der Waals surface area contributed by atoms with Gasteiger partial charge in [-0.2, -0.15) is 0 Å². The highest BCUT2D eigenvalue weighted by Crippen LogP contribution is 2.51. The summed E-state index contributed by atoms with van der Waals surface area (Å²) in [7, 11) is 0. The maximum atomic E-state index is 12.9. The van der Waals surface area contributed by atoms with Crippen molar-refractivity contribution in [1.82, 2.24) is 10.2 Å². The molecule has 2 aliphatic rings. The molecule has 2 heterocycles. The highest BCUT2D eigenvalue weighted by Gasteiger charge is 2.64. The van der Waals surface area contributed by atoms with Gasteiger partial charge in [0.25, 0.3) is 5.69 Å². The first kappa shape index (κ1) is 23.7. The van der Waals surface area contributed by atoms with Gasteiger partial charge in [0.1, 0.15) is 17.5 Å². The Morgan fingerprint density at radius 1 is 1.12 bits per heavy atom. The molecule has 9 nitrogen and oxygen atoms in total. The summed E-state index contributed by atoms with van der Waals surface area (Å²) in [6.07, 6.45) is 0.582. The Balaban J connectivity index is 1.32. The van der Waals surface area contributed by atoms with Crippen molar-refractivity contribution < 1.29 is 24.0 Å². The summed E-state index contributed by atoms with van der Waals surface area (Å²) in [6.45, 7) is 3.86. The number of esters is 1. The minimum Gasteiger partial charge on any atom is -0.464 e. The summed E-state index contributed by atoms with van der Waals surface area (Å²) in [4.78, 5) is 50.0. The molecule has 178 valence electrons. The molecule has 0 spiro atoms. The summed E-state index contributed by atoms with van der Waals surface area (Å²) in [5.41, 5.74) is 1.66. The number of rotatable bonds is 8. The van der Waals surface area contributed by atoms with Crippen molar-refractivity contribution in [3.05, 3.63) is 75.8 Å². The molecule has 0 radical (unpaired) electrons. The van der Waals surface area contributed by atoms with Crippen molar-refractivity contribution in [2.45, 2.75) is 48.9 Å². The van der Waals surface area contributed by atoms with E-state index in [9.17, 15) is 24.5 Å². The second-order valence-electron chi connectivity index (χ2n) is 8.81. The number of nitro groups is 1. The molecule has 4 rings (SSSR count). The van der Waals surface area contributed by atoms with Crippen LogP contribution in [0.4, 0.5) is 5.69 Å². The number of non-ortho nitro benzene ring substituents is 1. The van der Waals surface area contributed by atoms with Crippen LogP contribution in [0.2, 0.25) is 0 Å². The van der Waals surface area contributed by atoms with Gasteiger partial charge in [0.05, 0.1) is 18.0 Å². The molecule has 2 aromatic carbocycles. The van der Waals surface area contributed by atoms with Crippen LogP contribution in [0.15, 0.2) is 54.6 Å². The third-order valence-electron chi connectivity index (χ3n) is 5.97. The molecule has 2 aliphatic heterocycles. The highest BCUT2D eigenvalue weighted by atomic mass is 32.2. The zero-order valence-electron chi connectivity index (χ0n) is 18.8. The normalized spacial score (nSPS) is 22.5. The molecule has 0 aromatic heterocycles. The number of nitro benzene ring substituents is 1. The molecule has 0 unspecified atom stereocenters. The van der Waals surface area contributed by atoms with E-state index < -0.39 is 27.7 Å². The predicted molar refractivity (Wildman–Crippen MR) is 126 cm³/mol. The smallest absolute Gasteiger partial charge is 0.330 e. The van der Waals surface area contributed by atoms with E-state index in [4.69, 9.17) is 4.74 Å². The van der Waals surface area contributed by atoms with Crippen molar-refractivity contribution in [2.24, 2.45) is 0 Å². The maximum absolute atomic E-state index is 12.9. The lowest BCUT2D eigenvalue weighted by Gasteiger charge is -2.44. The molecule has 0 aliphatic carbocycles. The van der Waals surface area contributed by atoms with Crippen LogP contribution in [0.1, 0.15) is 25.0 Å². The van der Waals surface area contributed by atoms with Gasteiger partial charge in [-0.3, -0.25) is 19.7 Å². The number of carbonyl (C=O) groups is 3. The van der Waals surface area contributed by atoms with Crippen LogP contribution in [0.3, 0.4) is 0 Å². The molecule has 2 saturated heterocycles. The summed E-state index contributed by atoms with van der Waals surface area (Å²) in [5, 5.41) is 13.2. The van der Waals surface area contributed by atoms with E-state index in [0.29, 0.717) is 6.42 Å². The van der Waals surface area contributed by atoms with Crippen molar-refractivity contribution in [3.63, 3.8) is 0 Å². The standard InChI is InChI=1S/C24H25N3O6S/c1-24(2)20(23(30)33-13-12-15-8-10-17(11-9-15)27(31)32)26-21(29)19(22(26)34-24)25-18(28)14-16-6-4-3-5-7-16/h3-11,19-20,22H,12-14H2,1-2H3,(H,25,28)/t19-,20+,22-/m1/s1. The van der Waals surface area contributed by atoms with Crippen LogP contribution in [-0.2, 0) is 32.0 Å². The van der Waals surface area contributed by atoms with Crippen LogP contribution >= 0.6 is 11.8 Å². The second kappa shape index (κ2) is 9.46. The van der Waals surface area contributed by atoms with Gasteiger partial charge in [-0.05, 0) is 25.0 Å². The summed E-state index contributed by atoms with van der Waals surface area (Å²) in [5.74, 6) is -1.03. The van der Waals surface area contributed by atoms with E-state index in [1.165, 1.54) is 28.8 Å². The highest BCUT2D eigenvalue weighted by molar-refractivity contribution is 8.01. The molecule has 0 bridgehead atoms. The summed E-state index contributed by atoms with van der Waals surface area (Å²) in [6, 6.07) is 13.9. The van der Waals surface area contributed by atoms with Crippen molar-refractivity contribution in [3.8, 4) is 0 Å². The van der Waals surface area contributed by atoms with Gasteiger partial charge >= 0.3 is 5.97 Å². The SMILES string of the molecule is CC1(C)S[C@@H]2[C@H](NC(=O)Cc3ccccc3)C(=O)N2[C@H]1C(=O)OCCc1ccc([N+](=O)[O-])cc1. The fourth-order valence-electron chi connectivity index (χ4n) is 4.26. The molecule has 34 heavy (non-hydrogen) atoms. The van der Waals surface area contributed by atoms with Gasteiger partial charge in [0, 0.05) is 23.3 Å². The molecule has 2 fully saturated rings. The molecular formula is C24H25N3O6S. The van der Waals surface area contributed by atoms with Gasteiger partial charge in [-0.25, -0.2) is 4.79 Å². The van der Waals surface area contributed by atoms with Gasteiger partial charge in [0.2, 0.25) is 11.8 Å². The third-order valence-corrected chi connectivity index (χ3v) is 7.54. The van der Waals surface area contributed by atoms with E-state index in [2.05, 4.69) is 5.32 Å². The van der Waals surface area contributed by atoms with Crippen LogP contribution in [-0.4, -0.2) is 56.4 Å². The van der Waals surface area contributed by atoms with Gasteiger partial charge < -0.3 is 15.0 Å². The molecule has 2 amide bonds. The largest absolute Gasteiger partial charge is 0.464 e. The lowest BCUT2D eigenvalue weighted by atomic mass is 9.96. The van der Waals surface area contributed by atoms with Crippen molar-refractivity contribution >= 4 is 35.2 Å². The lowest BCUT2D eigenvalue weighted by Crippen LogP contribution is -2.70. The van der Waals surface area contributed by atoms with E-state index in [1.807, 2.05) is 44.2 Å². The summed E-state index contributed by atoms with van der Waals surface area (Å²) >= 11 is 1.47. The van der Waals surface area contributed by atoms with E-state index >= 15 is 0 Å². The number of nitrogens with zero attached hydrogens (tertiary/aromatic N) is 2. The Labute approximate surface area is 201 Å². The fraction of sp³-hybridized carbons (Fsp3) is 0.375. The first-order valence-electron chi connectivity index (χ1n) is 10.9. The fourth-order valence-corrected chi connectivity index (χ4v) is 5.89. The Hall–Kier alpha value is -3.40. The monoisotopic (exact) mass is 483 g/mol. The molecule has 0 saturated carbocycles. The number of carbonyl (C=O) groups excluding carboxylic acids is 3. The third kappa shape index (κ3) is 4.77. The average Bonchev–Trinajstić information content (AvgIpc) is 3.06. The van der Waals surface area contributed by atoms with E-state index in [-0.39, 0.29) is 35.9 Å². The number of thioether (sulfide) groups is 1. The first-order chi connectivity index (χ1) is 16.2. The van der Waals surface area contributed by atoms with Crippen LogP contribution in [0.5, 0.6) is 0 Å². The topological polar surface area (TPSA) is 119 Å². The Bertz CT molecular complexity index is 1110. The van der Waals surface area contributed by atoms with Crippen LogP contribution < -0.4 is 5.32 Å². The van der Waals surface area contributed by atoms with Gasteiger partial charge in [-0.1, -0.05) is 42.5 Å². The number of hydrogen-bond acceptors (Lipinski definition) is 7. The summed E-state index contributed by atoms with van der Waals surface area (Å²) < 4.78 is 4.89. The zero-order valence-corrected chi connectivity index (χ0v) is 19.6. The minimum atomic E-state index is -0.755. The quantitative estimate of drug-likeness (QED) is 0.265. The van der Waals surface area contributed by atoms with Crippen molar-refractivity contribution in [1.29, 1.82) is 0 Å². The maximum Gasteiger partial charge on any atom is 0.330 e. The number of ether oxygens (including phenoxy) is 1. The van der Waals surface area contributed by atoms with Crippen molar-refractivity contribution in [2.75, 3.05) is 6.61 Å². The molecule has 2 aromatic rings. The molecular weight excluding hydrogens is 458 g/mol. The number of amides is 2. The average molecular weight is 484 g/mol. The van der Waals surface area contributed by atoms with Gasteiger partial charge in [-0.15, -0.1) is 11.8 Å². The zero-order chi connectivity index (χ0) is 24.5.